The van der Waals surface area contributed by atoms with Crippen LogP contribution in [0.3, 0.4) is 0 Å². The molecule has 3 aromatic rings. The molecule has 0 saturated carbocycles. The van der Waals surface area contributed by atoms with Crippen molar-refractivity contribution in [1.29, 1.82) is 0 Å². The second-order valence-corrected chi connectivity index (χ2v) is 5.47. The molecule has 1 unspecified atom stereocenters. The minimum atomic E-state index is -0.379. The van der Waals surface area contributed by atoms with Gasteiger partial charge in [-0.2, -0.15) is 0 Å². The maximum absolute atomic E-state index is 14.1. The quantitative estimate of drug-likeness (QED) is 0.749. The molecule has 1 aromatic heterocycles. The highest BCUT2D eigenvalue weighted by molar-refractivity contribution is 6.30. The summed E-state index contributed by atoms with van der Waals surface area (Å²) in [5, 5.41) is 4.60. The van der Waals surface area contributed by atoms with E-state index in [1.807, 2.05) is 31.2 Å². The summed E-state index contributed by atoms with van der Waals surface area (Å²) in [5.41, 5.74) is 2.36. The number of fused-ring (bicyclic) bond motifs is 1. The van der Waals surface area contributed by atoms with Crippen LogP contribution in [-0.2, 0) is 0 Å². The summed E-state index contributed by atoms with van der Waals surface area (Å²) in [6.45, 7) is 1.99. The zero-order valence-corrected chi connectivity index (χ0v) is 12.5. The molecule has 0 bridgehead atoms. The zero-order chi connectivity index (χ0) is 15.0. The zero-order valence-electron chi connectivity index (χ0n) is 11.8. The number of rotatable bonds is 3. The molecule has 0 amide bonds. The molecular formula is C17H15ClFNO. The SMILES string of the molecule is CNC(c1cc2cccc(C)c2o1)c1cc(Cl)ccc1F. The van der Waals surface area contributed by atoms with Crippen molar-refractivity contribution >= 4 is 22.6 Å². The standard InChI is InChI=1S/C17H15ClFNO/c1-10-4-3-5-11-8-15(21-17(10)11)16(20-2)13-9-12(18)6-7-14(13)19/h3-9,16,20H,1-2H3. The highest BCUT2D eigenvalue weighted by Crippen LogP contribution is 2.31. The number of furan rings is 1. The molecule has 0 aliphatic rings. The smallest absolute Gasteiger partial charge is 0.137 e. The Balaban J connectivity index is 2.13. The topological polar surface area (TPSA) is 25.2 Å². The summed E-state index contributed by atoms with van der Waals surface area (Å²) in [5.74, 6) is 0.360. The van der Waals surface area contributed by atoms with E-state index in [0.29, 0.717) is 16.3 Å². The van der Waals surface area contributed by atoms with E-state index >= 15 is 0 Å². The number of hydrogen-bond donors (Lipinski definition) is 1. The van der Waals surface area contributed by atoms with E-state index in [4.69, 9.17) is 16.0 Å². The fraction of sp³-hybridized carbons (Fsp3) is 0.176. The van der Waals surface area contributed by atoms with Crippen LogP contribution in [0.1, 0.15) is 22.9 Å². The van der Waals surface area contributed by atoms with E-state index < -0.39 is 0 Å². The normalized spacial score (nSPS) is 12.8. The summed E-state index contributed by atoms with van der Waals surface area (Å²) in [6.07, 6.45) is 0. The molecule has 0 aliphatic carbocycles. The van der Waals surface area contributed by atoms with E-state index in [1.54, 1.807) is 13.1 Å². The third-order valence-corrected chi connectivity index (χ3v) is 3.84. The second-order valence-electron chi connectivity index (χ2n) is 5.03. The Labute approximate surface area is 127 Å². The Hall–Kier alpha value is -1.84. The first-order valence-corrected chi connectivity index (χ1v) is 7.09. The molecule has 3 rings (SSSR count). The van der Waals surface area contributed by atoms with Crippen molar-refractivity contribution in [3.63, 3.8) is 0 Å². The molecule has 108 valence electrons. The molecule has 0 fully saturated rings. The molecule has 0 radical (unpaired) electrons. The molecular weight excluding hydrogens is 289 g/mol. The van der Waals surface area contributed by atoms with Crippen LogP contribution in [0.4, 0.5) is 4.39 Å². The fourth-order valence-electron chi connectivity index (χ4n) is 2.56. The first-order valence-electron chi connectivity index (χ1n) is 6.71. The average molecular weight is 304 g/mol. The molecule has 1 atom stereocenters. The lowest BCUT2D eigenvalue weighted by Crippen LogP contribution is -2.18. The van der Waals surface area contributed by atoms with Gasteiger partial charge < -0.3 is 9.73 Å². The highest BCUT2D eigenvalue weighted by Gasteiger charge is 2.21. The maximum Gasteiger partial charge on any atom is 0.137 e. The van der Waals surface area contributed by atoms with Crippen molar-refractivity contribution < 1.29 is 8.81 Å². The largest absolute Gasteiger partial charge is 0.459 e. The van der Waals surface area contributed by atoms with E-state index in [1.165, 1.54) is 12.1 Å². The molecule has 0 spiro atoms. The number of hydrogen-bond acceptors (Lipinski definition) is 2. The molecule has 1 heterocycles. The van der Waals surface area contributed by atoms with Crippen LogP contribution in [-0.4, -0.2) is 7.05 Å². The Morgan fingerprint density at radius 2 is 2.00 bits per heavy atom. The van der Waals surface area contributed by atoms with Crippen molar-refractivity contribution in [3.8, 4) is 0 Å². The molecule has 4 heteroatoms. The average Bonchev–Trinajstić information content (AvgIpc) is 2.89. The van der Waals surface area contributed by atoms with Crippen molar-refractivity contribution in [1.82, 2.24) is 5.32 Å². The molecule has 0 saturated heterocycles. The number of para-hydroxylation sites is 1. The Bertz CT molecular complexity index is 797. The van der Waals surface area contributed by atoms with Crippen LogP contribution >= 0.6 is 11.6 Å². The molecule has 2 nitrogen and oxygen atoms in total. The first kappa shape index (κ1) is 14.1. The van der Waals surface area contributed by atoms with E-state index in [2.05, 4.69) is 5.32 Å². The van der Waals surface area contributed by atoms with Gasteiger partial charge >= 0.3 is 0 Å². The van der Waals surface area contributed by atoms with Crippen molar-refractivity contribution in [2.75, 3.05) is 7.05 Å². The third-order valence-electron chi connectivity index (χ3n) is 3.60. The van der Waals surface area contributed by atoms with Gasteiger partial charge in [-0.1, -0.05) is 29.8 Å². The summed E-state index contributed by atoms with van der Waals surface area (Å²) < 4.78 is 20.0. The maximum atomic E-state index is 14.1. The van der Waals surface area contributed by atoms with Gasteiger partial charge in [-0.15, -0.1) is 0 Å². The fourth-order valence-corrected chi connectivity index (χ4v) is 2.74. The Morgan fingerprint density at radius 3 is 2.71 bits per heavy atom. The van der Waals surface area contributed by atoms with Crippen LogP contribution in [0.25, 0.3) is 11.0 Å². The monoisotopic (exact) mass is 303 g/mol. The van der Waals surface area contributed by atoms with Crippen LogP contribution in [0.5, 0.6) is 0 Å². The summed E-state index contributed by atoms with van der Waals surface area (Å²) in [4.78, 5) is 0. The molecule has 21 heavy (non-hydrogen) atoms. The van der Waals surface area contributed by atoms with Crippen molar-refractivity contribution in [2.45, 2.75) is 13.0 Å². The van der Waals surface area contributed by atoms with Gasteiger partial charge in [0.05, 0.1) is 6.04 Å². The lowest BCUT2D eigenvalue weighted by Gasteiger charge is -2.15. The number of nitrogens with one attached hydrogen (secondary N) is 1. The molecule has 1 N–H and O–H groups in total. The predicted octanol–water partition coefficient (Wildman–Crippen LogP) is 4.84. The number of benzene rings is 2. The molecule has 2 aromatic carbocycles. The van der Waals surface area contributed by atoms with Gasteiger partial charge in [-0.05, 0) is 43.8 Å². The van der Waals surface area contributed by atoms with Crippen molar-refractivity contribution in [3.05, 3.63) is 70.2 Å². The Kier molecular flexibility index (Phi) is 3.70. The van der Waals surface area contributed by atoms with Crippen LogP contribution in [0.2, 0.25) is 5.02 Å². The lowest BCUT2D eigenvalue weighted by atomic mass is 10.0. The molecule has 0 aliphatic heterocycles. The van der Waals surface area contributed by atoms with Crippen LogP contribution in [0, 0.1) is 12.7 Å². The van der Waals surface area contributed by atoms with Gasteiger partial charge in [-0.25, -0.2) is 4.39 Å². The number of aryl methyl sites for hydroxylation is 1. The first-order chi connectivity index (χ1) is 10.1. The van der Waals surface area contributed by atoms with Gasteiger partial charge in [0.1, 0.15) is 17.2 Å². The van der Waals surface area contributed by atoms with E-state index in [0.717, 1.165) is 16.5 Å². The summed E-state index contributed by atoms with van der Waals surface area (Å²) >= 11 is 5.98. The Morgan fingerprint density at radius 1 is 1.19 bits per heavy atom. The predicted molar refractivity (Wildman–Crippen MR) is 83.3 cm³/mol. The minimum absolute atomic E-state index is 0.309. The van der Waals surface area contributed by atoms with Crippen molar-refractivity contribution in [2.24, 2.45) is 0 Å². The second kappa shape index (κ2) is 5.51. The lowest BCUT2D eigenvalue weighted by molar-refractivity contribution is 0.475. The number of halogens is 2. The minimum Gasteiger partial charge on any atom is -0.459 e. The highest BCUT2D eigenvalue weighted by atomic mass is 35.5. The van der Waals surface area contributed by atoms with Crippen LogP contribution in [0.15, 0.2) is 46.9 Å². The van der Waals surface area contributed by atoms with Gasteiger partial charge in [0.25, 0.3) is 0 Å². The summed E-state index contributed by atoms with van der Waals surface area (Å²) in [6, 6.07) is 12.0. The summed E-state index contributed by atoms with van der Waals surface area (Å²) in [7, 11) is 1.77. The van der Waals surface area contributed by atoms with Crippen LogP contribution < -0.4 is 5.32 Å². The van der Waals surface area contributed by atoms with E-state index in [-0.39, 0.29) is 11.9 Å². The van der Waals surface area contributed by atoms with Gasteiger partial charge in [0.15, 0.2) is 0 Å². The van der Waals surface area contributed by atoms with E-state index in [9.17, 15) is 4.39 Å². The third kappa shape index (κ3) is 2.55. The van der Waals surface area contributed by atoms with Gasteiger partial charge in [0.2, 0.25) is 0 Å². The van der Waals surface area contributed by atoms with Gasteiger partial charge in [0, 0.05) is 16.0 Å². The van der Waals surface area contributed by atoms with Gasteiger partial charge in [-0.3, -0.25) is 0 Å².